The summed E-state index contributed by atoms with van der Waals surface area (Å²) in [5.74, 6) is 0. The molecule has 1 atom stereocenters. The average molecular weight is 467 g/mol. The fraction of sp³-hybridized carbons (Fsp3) is 0.476. The van der Waals surface area contributed by atoms with Gasteiger partial charge in [0.05, 0.1) is 6.54 Å². The van der Waals surface area contributed by atoms with E-state index in [-0.39, 0.29) is 6.54 Å². The van der Waals surface area contributed by atoms with Crippen molar-refractivity contribution < 1.29 is 17.8 Å². The SMILES string of the molecule is N[S@@](=O)(=NC(=O)Nc1c2c(cc3c1CC3)CCC2)c1cc2c(s1)CCN(CC(F)F)C2. The van der Waals surface area contributed by atoms with Crippen molar-refractivity contribution in [1.82, 2.24) is 4.90 Å². The van der Waals surface area contributed by atoms with Crippen molar-refractivity contribution in [3.63, 3.8) is 0 Å². The Balaban J connectivity index is 1.38. The Labute approximate surface area is 184 Å². The van der Waals surface area contributed by atoms with Crippen LogP contribution in [0.1, 0.15) is 39.1 Å². The molecule has 1 aromatic carbocycles. The Morgan fingerprint density at radius 3 is 2.68 bits per heavy atom. The summed E-state index contributed by atoms with van der Waals surface area (Å²) in [5.41, 5.74) is 6.52. The number of carbonyl (C=O) groups excluding carboxylic acids is 1. The quantitative estimate of drug-likeness (QED) is 0.717. The highest BCUT2D eigenvalue weighted by molar-refractivity contribution is 7.93. The minimum absolute atomic E-state index is 0.291. The number of thiophene rings is 1. The second kappa shape index (κ2) is 7.91. The molecule has 0 saturated heterocycles. The first-order valence-electron chi connectivity index (χ1n) is 10.4. The second-order valence-corrected chi connectivity index (χ2v) is 11.5. The molecule has 0 unspecified atom stereocenters. The van der Waals surface area contributed by atoms with Crippen LogP contribution in [0.5, 0.6) is 0 Å². The van der Waals surface area contributed by atoms with E-state index in [4.69, 9.17) is 5.14 Å². The molecule has 3 N–H and O–H groups in total. The van der Waals surface area contributed by atoms with Gasteiger partial charge < -0.3 is 5.32 Å². The number of anilines is 1. The van der Waals surface area contributed by atoms with Crippen LogP contribution in [-0.2, 0) is 48.6 Å². The van der Waals surface area contributed by atoms with Crippen LogP contribution in [0.25, 0.3) is 0 Å². The lowest BCUT2D eigenvalue weighted by Crippen LogP contribution is -2.33. The summed E-state index contributed by atoms with van der Waals surface area (Å²) < 4.78 is 42.6. The molecule has 1 aliphatic heterocycles. The van der Waals surface area contributed by atoms with E-state index >= 15 is 0 Å². The van der Waals surface area contributed by atoms with Gasteiger partial charge in [-0.05, 0) is 72.4 Å². The van der Waals surface area contributed by atoms with Crippen molar-refractivity contribution >= 4 is 33.0 Å². The number of fused-ring (bicyclic) bond motifs is 3. The van der Waals surface area contributed by atoms with Crippen molar-refractivity contribution in [2.75, 3.05) is 18.4 Å². The normalized spacial score (nSPS) is 19.2. The Hall–Kier alpha value is -1.88. The topological polar surface area (TPSA) is 87.8 Å². The van der Waals surface area contributed by atoms with Gasteiger partial charge in [-0.2, -0.15) is 0 Å². The standard InChI is InChI=1S/C21H24F2N4O2S2/c22-18(23)11-27-7-6-17-14(10-27)9-19(30-17)31(24,29)26-21(28)25-20-15-3-1-2-12(15)8-13-4-5-16(13)20/h8-9,18H,1-7,10-11H2,(H3,24,25,26,28,29)/t31-/m1/s1. The van der Waals surface area contributed by atoms with Crippen LogP contribution < -0.4 is 10.5 Å². The van der Waals surface area contributed by atoms with E-state index in [0.29, 0.717) is 23.7 Å². The summed E-state index contributed by atoms with van der Waals surface area (Å²) in [6, 6.07) is 3.20. The summed E-state index contributed by atoms with van der Waals surface area (Å²) in [5, 5.41) is 8.86. The number of hydrogen-bond acceptors (Lipinski definition) is 4. The van der Waals surface area contributed by atoms with Crippen LogP contribution in [0.4, 0.5) is 19.3 Å². The lowest BCUT2D eigenvalue weighted by Gasteiger charge is -2.25. The molecule has 1 aromatic heterocycles. The fourth-order valence-corrected chi connectivity index (χ4v) is 7.23. The number of amides is 2. The van der Waals surface area contributed by atoms with E-state index in [0.717, 1.165) is 59.4 Å². The first-order valence-corrected chi connectivity index (χ1v) is 12.8. The zero-order chi connectivity index (χ0) is 21.8. The van der Waals surface area contributed by atoms with E-state index in [2.05, 4.69) is 15.7 Å². The van der Waals surface area contributed by atoms with Crippen molar-refractivity contribution in [3.8, 4) is 0 Å². The summed E-state index contributed by atoms with van der Waals surface area (Å²) in [6.45, 7) is 0.589. The van der Waals surface area contributed by atoms with Gasteiger partial charge in [-0.1, -0.05) is 6.07 Å². The number of halogens is 2. The van der Waals surface area contributed by atoms with E-state index < -0.39 is 22.4 Å². The molecule has 166 valence electrons. The molecule has 0 radical (unpaired) electrons. The molecule has 2 aromatic rings. The first kappa shape index (κ1) is 21.0. The first-order chi connectivity index (χ1) is 14.8. The van der Waals surface area contributed by atoms with Gasteiger partial charge in [0, 0.05) is 23.7 Å². The molecule has 10 heteroatoms. The molecule has 2 amide bonds. The van der Waals surface area contributed by atoms with Gasteiger partial charge in [-0.3, -0.25) is 4.90 Å². The molecule has 0 bridgehead atoms. The van der Waals surface area contributed by atoms with Crippen LogP contribution in [0.15, 0.2) is 20.7 Å². The van der Waals surface area contributed by atoms with Crippen molar-refractivity contribution in [1.29, 1.82) is 0 Å². The van der Waals surface area contributed by atoms with Crippen LogP contribution in [-0.4, -0.2) is 34.7 Å². The lowest BCUT2D eigenvalue weighted by atomic mass is 9.83. The number of nitrogens with one attached hydrogen (secondary N) is 1. The van der Waals surface area contributed by atoms with Gasteiger partial charge >= 0.3 is 6.03 Å². The third-order valence-corrected chi connectivity index (χ3v) is 9.43. The number of nitrogens with zero attached hydrogens (tertiary/aromatic N) is 2. The summed E-state index contributed by atoms with van der Waals surface area (Å²) in [6.07, 6.45) is 3.13. The molecule has 0 spiro atoms. The molecular weight excluding hydrogens is 442 g/mol. The predicted molar refractivity (Wildman–Crippen MR) is 117 cm³/mol. The highest BCUT2D eigenvalue weighted by Crippen LogP contribution is 2.40. The van der Waals surface area contributed by atoms with Crippen molar-refractivity contribution in [2.24, 2.45) is 9.50 Å². The van der Waals surface area contributed by atoms with Gasteiger partial charge in [0.25, 0.3) is 6.43 Å². The minimum Gasteiger partial charge on any atom is -0.305 e. The highest BCUT2D eigenvalue weighted by Gasteiger charge is 2.28. The molecule has 2 heterocycles. The maximum Gasteiger partial charge on any atom is 0.354 e. The Morgan fingerprint density at radius 1 is 1.16 bits per heavy atom. The number of hydrogen-bond donors (Lipinski definition) is 2. The van der Waals surface area contributed by atoms with Crippen molar-refractivity contribution in [3.05, 3.63) is 44.8 Å². The summed E-state index contributed by atoms with van der Waals surface area (Å²) in [7, 11) is -3.42. The number of rotatable bonds is 4. The van der Waals surface area contributed by atoms with E-state index in [1.54, 1.807) is 11.0 Å². The van der Waals surface area contributed by atoms with Gasteiger partial charge in [-0.15, -0.1) is 15.7 Å². The number of alkyl halides is 2. The number of benzene rings is 1. The molecule has 0 fully saturated rings. The third kappa shape index (κ3) is 4.02. The minimum atomic E-state index is -3.42. The molecular formula is C21H24F2N4O2S2. The zero-order valence-corrected chi connectivity index (χ0v) is 18.6. The maximum atomic E-state index is 13.1. The smallest absolute Gasteiger partial charge is 0.305 e. The number of carbonyl (C=O) groups is 1. The number of urea groups is 1. The van der Waals surface area contributed by atoms with Gasteiger partial charge in [-0.25, -0.2) is 22.9 Å². The van der Waals surface area contributed by atoms with E-state index in [1.165, 1.54) is 22.5 Å². The van der Waals surface area contributed by atoms with Crippen LogP contribution in [0, 0.1) is 0 Å². The monoisotopic (exact) mass is 466 g/mol. The van der Waals surface area contributed by atoms with Crippen LogP contribution >= 0.6 is 11.3 Å². The van der Waals surface area contributed by atoms with Gasteiger partial charge in [0.15, 0.2) is 9.92 Å². The fourth-order valence-electron chi connectivity index (χ4n) is 4.75. The molecule has 0 saturated carbocycles. The largest absolute Gasteiger partial charge is 0.354 e. The average Bonchev–Trinajstić information content (AvgIpc) is 3.30. The Bertz CT molecular complexity index is 1180. The number of nitrogens with two attached hydrogens (primary N) is 1. The van der Waals surface area contributed by atoms with Gasteiger partial charge in [0.1, 0.15) is 4.21 Å². The number of aryl methyl sites for hydroxylation is 2. The van der Waals surface area contributed by atoms with Crippen LogP contribution in [0.2, 0.25) is 0 Å². The molecule has 3 aliphatic rings. The zero-order valence-electron chi connectivity index (χ0n) is 17.0. The molecule has 5 rings (SSSR count). The maximum absolute atomic E-state index is 13.1. The molecule has 2 aliphatic carbocycles. The van der Waals surface area contributed by atoms with Gasteiger partial charge in [0.2, 0.25) is 0 Å². The van der Waals surface area contributed by atoms with E-state index in [9.17, 15) is 17.8 Å². The Kier molecular flexibility index (Phi) is 5.36. The summed E-state index contributed by atoms with van der Waals surface area (Å²) >= 11 is 1.26. The molecule has 6 nitrogen and oxygen atoms in total. The molecule has 31 heavy (non-hydrogen) atoms. The summed E-state index contributed by atoms with van der Waals surface area (Å²) in [4.78, 5) is 15.3. The van der Waals surface area contributed by atoms with E-state index in [1.807, 2.05) is 0 Å². The Morgan fingerprint density at radius 2 is 1.94 bits per heavy atom. The van der Waals surface area contributed by atoms with Crippen molar-refractivity contribution in [2.45, 2.75) is 55.7 Å². The highest BCUT2D eigenvalue weighted by atomic mass is 32.2. The lowest BCUT2D eigenvalue weighted by molar-refractivity contribution is 0.0824. The predicted octanol–water partition coefficient (Wildman–Crippen LogP) is 3.89. The van der Waals surface area contributed by atoms with Crippen LogP contribution in [0.3, 0.4) is 0 Å². The third-order valence-electron chi connectivity index (χ3n) is 6.30. The second-order valence-electron chi connectivity index (χ2n) is 8.36.